The molecule has 2 aromatic carbocycles. The second kappa shape index (κ2) is 13.0. The smallest absolute Gasteiger partial charge is 0.243 e. The summed E-state index contributed by atoms with van der Waals surface area (Å²) < 4.78 is 10.6. The van der Waals surface area contributed by atoms with Crippen LogP contribution in [-0.4, -0.2) is 58.0 Å². The maximum absolute atomic E-state index is 12.0. The first-order chi connectivity index (χ1) is 14.5. The zero-order chi connectivity index (χ0) is 21.8. The number of carbonyl (C=O) groups excluding carboxylic acids is 1. The average Bonchev–Trinajstić information content (AvgIpc) is 2.79. The molecule has 2 rings (SSSR count). The van der Waals surface area contributed by atoms with E-state index >= 15 is 0 Å². The van der Waals surface area contributed by atoms with Crippen molar-refractivity contribution < 1.29 is 14.3 Å². The van der Waals surface area contributed by atoms with Gasteiger partial charge in [0.2, 0.25) is 5.91 Å². The van der Waals surface area contributed by atoms with E-state index in [0.717, 1.165) is 43.0 Å². The molecule has 0 aliphatic carbocycles. The fourth-order valence-corrected chi connectivity index (χ4v) is 3.38. The second-order valence-corrected chi connectivity index (χ2v) is 7.87. The van der Waals surface area contributed by atoms with E-state index in [1.54, 1.807) is 32.1 Å². The zero-order valence-electron chi connectivity index (χ0n) is 18.3. The Bertz CT molecular complexity index is 822. The van der Waals surface area contributed by atoms with Crippen LogP contribution in [0.25, 0.3) is 6.08 Å². The summed E-state index contributed by atoms with van der Waals surface area (Å²) in [4.78, 5) is 15.5. The predicted octanol–water partition coefficient (Wildman–Crippen LogP) is 4.12. The van der Waals surface area contributed by atoms with Crippen LogP contribution < -0.4 is 14.8 Å². The fraction of sp³-hybridized carbons (Fsp3) is 0.375. The minimum Gasteiger partial charge on any atom is -0.493 e. The SMILES string of the molecule is COc1ccc(CCN(C)CCCNC(=O)C=Cc2ccc(SC)cc2)cc1OC. The predicted molar refractivity (Wildman–Crippen MR) is 126 cm³/mol. The van der Waals surface area contributed by atoms with E-state index in [9.17, 15) is 4.79 Å². The van der Waals surface area contributed by atoms with E-state index in [1.807, 2.05) is 36.6 Å². The molecule has 0 fully saturated rings. The summed E-state index contributed by atoms with van der Waals surface area (Å²) in [7, 11) is 5.39. The third kappa shape index (κ3) is 8.13. The lowest BCUT2D eigenvalue weighted by atomic mass is 10.1. The molecule has 2 aromatic rings. The molecule has 0 aromatic heterocycles. The average molecular weight is 429 g/mol. The van der Waals surface area contributed by atoms with Gasteiger partial charge in [0.05, 0.1) is 14.2 Å². The monoisotopic (exact) mass is 428 g/mol. The normalized spacial score (nSPS) is 11.1. The quantitative estimate of drug-likeness (QED) is 0.313. The van der Waals surface area contributed by atoms with Crippen molar-refractivity contribution in [1.29, 1.82) is 0 Å². The minimum absolute atomic E-state index is 0.0584. The first-order valence-corrected chi connectivity index (χ1v) is 11.3. The van der Waals surface area contributed by atoms with Gasteiger partial charge in [0, 0.05) is 24.1 Å². The fourth-order valence-electron chi connectivity index (χ4n) is 2.97. The number of rotatable bonds is 12. The van der Waals surface area contributed by atoms with Crippen LogP contribution in [0.15, 0.2) is 53.4 Å². The number of likely N-dealkylation sites (N-methyl/N-ethyl adjacent to an activating group) is 1. The van der Waals surface area contributed by atoms with Crippen molar-refractivity contribution in [2.45, 2.75) is 17.7 Å². The molecule has 5 nitrogen and oxygen atoms in total. The lowest BCUT2D eigenvalue weighted by Crippen LogP contribution is -2.28. The summed E-state index contributed by atoms with van der Waals surface area (Å²) in [5, 5.41) is 2.95. The highest BCUT2D eigenvalue weighted by atomic mass is 32.2. The molecule has 0 saturated heterocycles. The second-order valence-electron chi connectivity index (χ2n) is 6.99. The van der Waals surface area contributed by atoms with Crippen molar-refractivity contribution in [3.05, 3.63) is 59.7 Å². The van der Waals surface area contributed by atoms with Crippen molar-refractivity contribution in [2.24, 2.45) is 0 Å². The van der Waals surface area contributed by atoms with Crippen LogP contribution in [0, 0.1) is 0 Å². The van der Waals surface area contributed by atoms with Gasteiger partial charge in [-0.15, -0.1) is 11.8 Å². The van der Waals surface area contributed by atoms with Gasteiger partial charge < -0.3 is 19.7 Å². The van der Waals surface area contributed by atoms with Crippen LogP contribution in [0.1, 0.15) is 17.5 Å². The lowest BCUT2D eigenvalue weighted by molar-refractivity contribution is -0.116. The van der Waals surface area contributed by atoms with E-state index in [2.05, 4.69) is 35.5 Å². The highest BCUT2D eigenvalue weighted by Crippen LogP contribution is 2.27. The van der Waals surface area contributed by atoms with Gasteiger partial charge in [-0.1, -0.05) is 18.2 Å². The molecule has 1 N–H and O–H groups in total. The van der Waals surface area contributed by atoms with Crippen molar-refractivity contribution in [2.75, 3.05) is 47.2 Å². The van der Waals surface area contributed by atoms with Gasteiger partial charge in [-0.25, -0.2) is 0 Å². The Morgan fingerprint density at radius 2 is 1.80 bits per heavy atom. The molecule has 0 radical (unpaired) electrons. The number of benzene rings is 2. The highest BCUT2D eigenvalue weighted by molar-refractivity contribution is 7.98. The maximum atomic E-state index is 12.0. The van der Waals surface area contributed by atoms with Gasteiger partial charge in [0.25, 0.3) is 0 Å². The number of nitrogens with one attached hydrogen (secondary N) is 1. The third-order valence-electron chi connectivity index (χ3n) is 4.79. The summed E-state index contributed by atoms with van der Waals surface area (Å²) in [6.07, 6.45) is 7.32. The molecule has 6 heteroatoms. The molecule has 162 valence electrons. The van der Waals surface area contributed by atoms with E-state index in [4.69, 9.17) is 9.47 Å². The van der Waals surface area contributed by atoms with Crippen molar-refractivity contribution in [3.63, 3.8) is 0 Å². The third-order valence-corrected chi connectivity index (χ3v) is 5.53. The Hall–Kier alpha value is -2.44. The summed E-state index contributed by atoms with van der Waals surface area (Å²) in [5.74, 6) is 1.45. The van der Waals surface area contributed by atoms with Gasteiger partial charge in [-0.05, 0) is 74.2 Å². The Morgan fingerprint density at radius 1 is 1.07 bits per heavy atom. The molecule has 0 aliphatic rings. The van der Waals surface area contributed by atoms with Gasteiger partial charge in [0.1, 0.15) is 0 Å². The van der Waals surface area contributed by atoms with Crippen LogP contribution in [0.2, 0.25) is 0 Å². The molecule has 1 amide bonds. The number of hydrogen-bond acceptors (Lipinski definition) is 5. The number of carbonyl (C=O) groups is 1. The molecule has 30 heavy (non-hydrogen) atoms. The van der Waals surface area contributed by atoms with Crippen molar-refractivity contribution in [3.8, 4) is 11.5 Å². The number of methoxy groups -OCH3 is 2. The summed E-state index contributed by atoms with van der Waals surface area (Å²) >= 11 is 1.70. The van der Waals surface area contributed by atoms with E-state index in [1.165, 1.54) is 10.5 Å². The number of thioether (sulfide) groups is 1. The molecule has 0 saturated carbocycles. The van der Waals surface area contributed by atoms with Crippen LogP contribution in [0.3, 0.4) is 0 Å². The summed E-state index contributed by atoms with van der Waals surface area (Å²) in [6.45, 7) is 2.53. The van der Waals surface area contributed by atoms with Crippen LogP contribution in [-0.2, 0) is 11.2 Å². The van der Waals surface area contributed by atoms with Gasteiger partial charge in [-0.3, -0.25) is 4.79 Å². The van der Waals surface area contributed by atoms with Crippen LogP contribution in [0.4, 0.5) is 0 Å². The molecular weight excluding hydrogens is 396 g/mol. The number of ether oxygens (including phenoxy) is 2. The lowest BCUT2D eigenvalue weighted by Gasteiger charge is -2.17. The Balaban J connectivity index is 1.65. The standard InChI is InChI=1S/C24H32N2O3S/c1-26(17-14-20-8-12-22(28-2)23(18-20)29-3)16-5-15-25-24(27)13-9-19-6-10-21(30-4)11-7-19/h6-13,18H,5,14-17H2,1-4H3,(H,25,27). The molecule has 0 spiro atoms. The maximum Gasteiger partial charge on any atom is 0.243 e. The molecule has 0 aliphatic heterocycles. The zero-order valence-corrected chi connectivity index (χ0v) is 19.1. The summed E-state index contributed by atoms with van der Waals surface area (Å²) in [6, 6.07) is 14.2. The minimum atomic E-state index is -0.0584. The Kier molecular flexibility index (Phi) is 10.3. The van der Waals surface area contributed by atoms with Crippen molar-refractivity contribution in [1.82, 2.24) is 10.2 Å². The Labute approximate surface area is 184 Å². The Morgan fingerprint density at radius 3 is 2.47 bits per heavy atom. The molecule has 0 heterocycles. The van der Waals surface area contributed by atoms with Crippen LogP contribution in [0.5, 0.6) is 11.5 Å². The van der Waals surface area contributed by atoms with Crippen LogP contribution >= 0.6 is 11.8 Å². The number of hydrogen-bond donors (Lipinski definition) is 1. The highest BCUT2D eigenvalue weighted by Gasteiger charge is 2.06. The van der Waals surface area contributed by atoms with Gasteiger partial charge in [-0.2, -0.15) is 0 Å². The van der Waals surface area contributed by atoms with E-state index in [0.29, 0.717) is 6.54 Å². The first kappa shape index (κ1) is 23.8. The number of nitrogens with zero attached hydrogens (tertiary/aromatic N) is 1. The molecule has 0 atom stereocenters. The number of amides is 1. The largest absolute Gasteiger partial charge is 0.493 e. The topological polar surface area (TPSA) is 50.8 Å². The molecule has 0 unspecified atom stereocenters. The molecule has 0 bridgehead atoms. The van der Waals surface area contributed by atoms with Gasteiger partial charge >= 0.3 is 0 Å². The van der Waals surface area contributed by atoms with E-state index < -0.39 is 0 Å². The van der Waals surface area contributed by atoms with Gasteiger partial charge in [0.15, 0.2) is 11.5 Å². The summed E-state index contributed by atoms with van der Waals surface area (Å²) in [5.41, 5.74) is 2.24. The molecular formula is C24H32N2O3S. The van der Waals surface area contributed by atoms with Crippen molar-refractivity contribution >= 4 is 23.7 Å². The van der Waals surface area contributed by atoms with E-state index in [-0.39, 0.29) is 5.91 Å². The first-order valence-electron chi connectivity index (χ1n) is 10.0.